The van der Waals surface area contributed by atoms with Crippen LogP contribution in [0.25, 0.3) is 10.9 Å². The first-order valence-corrected chi connectivity index (χ1v) is 3.56. The van der Waals surface area contributed by atoms with Gasteiger partial charge in [0.05, 0.1) is 5.52 Å². The standard InChI is InChI=1S/C8H7N2O2/c11-10(12)7-2-1-6-3-4-9-8(6)5-7/h1-5,9-10H/q-1. The van der Waals surface area contributed by atoms with Crippen LogP contribution in [0.1, 0.15) is 0 Å². The molecule has 0 amide bonds. The van der Waals surface area contributed by atoms with Gasteiger partial charge in [-0.1, -0.05) is 0 Å². The van der Waals surface area contributed by atoms with E-state index in [0.717, 1.165) is 10.9 Å². The molecule has 62 valence electrons. The Kier molecular flexibility index (Phi) is 1.58. The molecule has 0 radical (unpaired) electrons. The Balaban J connectivity index is 2.60. The summed E-state index contributed by atoms with van der Waals surface area (Å²) in [7, 11) is 0. The van der Waals surface area contributed by atoms with Crippen molar-refractivity contribution in [2.45, 2.75) is 0 Å². The number of quaternary nitrogens is 1. The van der Waals surface area contributed by atoms with E-state index in [0.29, 0.717) is 0 Å². The fraction of sp³-hybridized carbons (Fsp3) is 0. The van der Waals surface area contributed by atoms with E-state index in [4.69, 9.17) is 0 Å². The summed E-state index contributed by atoms with van der Waals surface area (Å²) in [6.45, 7) is 0. The zero-order valence-electron chi connectivity index (χ0n) is 6.20. The number of hydrogen-bond acceptors (Lipinski definition) is 2. The van der Waals surface area contributed by atoms with Crippen molar-refractivity contribution in [3.63, 3.8) is 0 Å². The molecule has 4 heteroatoms. The number of H-pyrrole nitrogens is 1. The first-order chi connectivity index (χ1) is 5.77. The molecule has 0 saturated carbocycles. The van der Waals surface area contributed by atoms with Crippen molar-refractivity contribution in [2.24, 2.45) is 0 Å². The Bertz CT molecular complexity index is 395. The Morgan fingerprint density at radius 3 is 2.75 bits per heavy atom. The summed E-state index contributed by atoms with van der Waals surface area (Å²) in [5, 5.41) is 20.7. The highest BCUT2D eigenvalue weighted by Crippen LogP contribution is 2.14. The van der Waals surface area contributed by atoms with E-state index in [1.165, 1.54) is 6.07 Å². The van der Waals surface area contributed by atoms with Crippen LogP contribution in [-0.2, 0) is 0 Å². The summed E-state index contributed by atoms with van der Waals surface area (Å²) in [5.41, 5.74) is 1.02. The summed E-state index contributed by atoms with van der Waals surface area (Å²) in [5.74, 6) is 0. The lowest BCUT2D eigenvalue weighted by Crippen LogP contribution is -2.96. The second-order valence-corrected chi connectivity index (χ2v) is 2.57. The molecule has 0 unspecified atom stereocenters. The van der Waals surface area contributed by atoms with Gasteiger partial charge in [-0.25, -0.2) is 0 Å². The lowest BCUT2D eigenvalue weighted by atomic mass is 10.2. The van der Waals surface area contributed by atoms with Crippen molar-refractivity contribution in [1.29, 1.82) is 0 Å². The molecule has 1 aromatic heterocycles. The maximum absolute atomic E-state index is 10.4. The smallest absolute Gasteiger partial charge is 0.133 e. The van der Waals surface area contributed by atoms with Crippen molar-refractivity contribution < 1.29 is 5.23 Å². The number of nitrogens with one attached hydrogen (secondary N) is 2. The maximum atomic E-state index is 10.4. The van der Waals surface area contributed by atoms with Gasteiger partial charge in [0, 0.05) is 18.3 Å². The Morgan fingerprint density at radius 2 is 2.00 bits per heavy atom. The summed E-state index contributed by atoms with van der Waals surface area (Å²) in [6, 6.07) is 6.72. The van der Waals surface area contributed by atoms with Gasteiger partial charge in [0.2, 0.25) is 0 Å². The molecule has 0 aliphatic carbocycles. The van der Waals surface area contributed by atoms with Crippen LogP contribution >= 0.6 is 0 Å². The van der Waals surface area contributed by atoms with Gasteiger partial charge in [0.15, 0.2) is 0 Å². The predicted molar refractivity (Wildman–Crippen MR) is 45.7 cm³/mol. The normalized spacial score (nSPS) is 11.2. The molecule has 0 atom stereocenters. The number of aromatic nitrogens is 1. The summed E-state index contributed by atoms with van der Waals surface area (Å²) in [4.78, 5) is 2.92. The highest BCUT2D eigenvalue weighted by atomic mass is 16.8. The predicted octanol–water partition coefficient (Wildman–Crippen LogP) is 0.680. The minimum atomic E-state index is -1.15. The molecular weight excluding hydrogens is 156 g/mol. The second-order valence-electron chi connectivity index (χ2n) is 2.57. The number of fused-ring (bicyclic) bond motifs is 1. The molecule has 0 fully saturated rings. The molecule has 12 heavy (non-hydrogen) atoms. The van der Waals surface area contributed by atoms with Gasteiger partial charge in [-0.05, 0) is 17.5 Å². The van der Waals surface area contributed by atoms with E-state index in [-0.39, 0.29) is 5.69 Å². The van der Waals surface area contributed by atoms with Gasteiger partial charge in [-0.2, -0.15) is 0 Å². The Hall–Kier alpha value is -1.36. The molecule has 2 N–H and O–H groups in total. The molecule has 0 aliphatic rings. The van der Waals surface area contributed by atoms with E-state index in [2.05, 4.69) is 4.98 Å². The third-order valence-electron chi connectivity index (χ3n) is 1.79. The van der Waals surface area contributed by atoms with Crippen LogP contribution in [0.15, 0.2) is 30.5 Å². The largest absolute Gasteiger partial charge is 0.628 e. The minimum Gasteiger partial charge on any atom is -0.628 e. The van der Waals surface area contributed by atoms with Gasteiger partial charge in [0.25, 0.3) is 0 Å². The Labute approximate surface area is 68.6 Å². The fourth-order valence-electron chi connectivity index (χ4n) is 1.17. The molecule has 2 aromatic rings. The first kappa shape index (κ1) is 7.30. The van der Waals surface area contributed by atoms with Crippen LogP contribution < -0.4 is 5.23 Å². The van der Waals surface area contributed by atoms with Crippen LogP contribution in [0.5, 0.6) is 0 Å². The van der Waals surface area contributed by atoms with Gasteiger partial charge >= 0.3 is 0 Å². The van der Waals surface area contributed by atoms with Gasteiger partial charge in [-0.3, -0.25) is 0 Å². The number of rotatable bonds is 1. The zero-order valence-corrected chi connectivity index (χ0v) is 6.20. The van der Waals surface area contributed by atoms with Crippen LogP contribution in [0.3, 0.4) is 0 Å². The SMILES string of the molecule is [O-][NH+]([O-])c1ccc2cc[nH]c2c1. The topological polar surface area (TPSA) is 66.3 Å². The van der Waals surface area contributed by atoms with E-state index >= 15 is 0 Å². The van der Waals surface area contributed by atoms with Gasteiger partial charge < -0.3 is 20.6 Å². The van der Waals surface area contributed by atoms with Crippen LogP contribution in [-0.4, -0.2) is 4.98 Å². The summed E-state index contributed by atoms with van der Waals surface area (Å²) < 4.78 is 0. The fourth-order valence-corrected chi connectivity index (χ4v) is 1.17. The molecule has 4 nitrogen and oxygen atoms in total. The average Bonchev–Trinajstić information content (AvgIpc) is 2.49. The monoisotopic (exact) mass is 163 g/mol. The van der Waals surface area contributed by atoms with E-state index in [9.17, 15) is 10.4 Å². The van der Waals surface area contributed by atoms with E-state index < -0.39 is 5.23 Å². The number of hydrogen-bond donors (Lipinski definition) is 2. The molecule has 1 aromatic carbocycles. The van der Waals surface area contributed by atoms with Crippen LogP contribution in [0.4, 0.5) is 5.69 Å². The van der Waals surface area contributed by atoms with Gasteiger partial charge in [-0.15, -0.1) is 0 Å². The lowest BCUT2D eigenvalue weighted by molar-refractivity contribution is -0.715. The van der Waals surface area contributed by atoms with Crippen molar-refractivity contribution >= 4 is 16.6 Å². The van der Waals surface area contributed by atoms with Crippen molar-refractivity contribution in [1.82, 2.24) is 4.98 Å². The molecule has 1 heterocycles. The molecular formula is C8H7N2O2-. The third-order valence-corrected chi connectivity index (χ3v) is 1.79. The molecule has 0 bridgehead atoms. The first-order valence-electron chi connectivity index (χ1n) is 3.56. The lowest BCUT2D eigenvalue weighted by Gasteiger charge is -2.24. The molecule has 0 spiro atoms. The average molecular weight is 163 g/mol. The summed E-state index contributed by atoms with van der Waals surface area (Å²) >= 11 is 0. The molecule has 0 aliphatic heterocycles. The third kappa shape index (κ3) is 1.08. The molecule has 2 rings (SSSR count). The van der Waals surface area contributed by atoms with Crippen molar-refractivity contribution in [3.05, 3.63) is 40.9 Å². The molecule has 0 saturated heterocycles. The highest BCUT2D eigenvalue weighted by molar-refractivity contribution is 5.81. The van der Waals surface area contributed by atoms with Crippen molar-refractivity contribution in [2.75, 3.05) is 0 Å². The van der Waals surface area contributed by atoms with Crippen molar-refractivity contribution in [3.8, 4) is 0 Å². The Morgan fingerprint density at radius 1 is 1.17 bits per heavy atom. The summed E-state index contributed by atoms with van der Waals surface area (Å²) in [6.07, 6.45) is 1.77. The van der Waals surface area contributed by atoms with E-state index in [1.54, 1.807) is 18.3 Å². The quantitative estimate of drug-likeness (QED) is 0.607. The number of aromatic amines is 1. The van der Waals surface area contributed by atoms with E-state index in [1.807, 2.05) is 6.07 Å². The zero-order chi connectivity index (χ0) is 8.55. The number of benzene rings is 1. The van der Waals surface area contributed by atoms with Crippen LogP contribution in [0.2, 0.25) is 0 Å². The second kappa shape index (κ2) is 2.60. The van der Waals surface area contributed by atoms with Crippen LogP contribution in [0, 0.1) is 10.4 Å². The highest BCUT2D eigenvalue weighted by Gasteiger charge is 1.97. The minimum absolute atomic E-state index is 0.199. The maximum Gasteiger partial charge on any atom is 0.133 e. The van der Waals surface area contributed by atoms with Gasteiger partial charge in [0.1, 0.15) is 5.69 Å².